The summed E-state index contributed by atoms with van der Waals surface area (Å²) in [7, 11) is 0. The van der Waals surface area contributed by atoms with Crippen molar-refractivity contribution in [1.82, 2.24) is 4.98 Å². The van der Waals surface area contributed by atoms with Crippen LogP contribution < -0.4 is 10.1 Å². The molecular formula is C23H21F5N2OS. The molecule has 0 radical (unpaired) electrons. The van der Waals surface area contributed by atoms with Crippen molar-refractivity contribution in [2.45, 2.75) is 32.4 Å². The van der Waals surface area contributed by atoms with Gasteiger partial charge in [-0.25, -0.2) is 13.8 Å². The third-order valence-corrected chi connectivity index (χ3v) is 5.23. The molecule has 1 heterocycles. The highest BCUT2D eigenvalue weighted by molar-refractivity contribution is 7.13. The minimum atomic E-state index is -4.56. The van der Waals surface area contributed by atoms with E-state index in [1.165, 1.54) is 29.5 Å². The third kappa shape index (κ3) is 6.53. The second-order valence-corrected chi connectivity index (χ2v) is 7.83. The fourth-order valence-electron chi connectivity index (χ4n) is 2.83. The number of thiazole rings is 1. The van der Waals surface area contributed by atoms with Crippen LogP contribution in [0.25, 0.3) is 12.2 Å². The molecular weight excluding hydrogens is 447 g/mol. The molecule has 2 aromatic carbocycles. The maximum Gasteiger partial charge on any atom is 0.420 e. The van der Waals surface area contributed by atoms with Gasteiger partial charge in [0.1, 0.15) is 5.75 Å². The molecule has 0 atom stereocenters. The Morgan fingerprint density at radius 3 is 2.56 bits per heavy atom. The Labute approximate surface area is 186 Å². The van der Waals surface area contributed by atoms with Gasteiger partial charge in [-0.1, -0.05) is 31.9 Å². The van der Waals surface area contributed by atoms with Crippen LogP contribution in [0.5, 0.6) is 5.75 Å². The standard InChI is InChI=1S/C23H21F5N2OS/c1-2-3-4-11-31-21-10-8-16(13-18(21)23(26,27)28)29-22-30-17(14-32-22)7-5-15-6-9-19(24)20(25)12-15/h5-10,12-14H,2-4,11H2,1H3,(H,29,30)/b7-5+. The van der Waals surface area contributed by atoms with Gasteiger partial charge in [0.25, 0.3) is 0 Å². The number of benzene rings is 2. The number of nitrogens with one attached hydrogen (secondary N) is 1. The Hall–Kier alpha value is -2.94. The van der Waals surface area contributed by atoms with Crippen LogP contribution in [0.3, 0.4) is 0 Å². The molecule has 0 aliphatic heterocycles. The van der Waals surface area contributed by atoms with Gasteiger partial charge in [-0.15, -0.1) is 11.3 Å². The Morgan fingerprint density at radius 1 is 1.03 bits per heavy atom. The van der Waals surface area contributed by atoms with E-state index in [-0.39, 0.29) is 18.0 Å². The first-order valence-electron chi connectivity index (χ1n) is 9.96. The lowest BCUT2D eigenvalue weighted by Crippen LogP contribution is -2.10. The van der Waals surface area contributed by atoms with Crippen LogP contribution in [0.15, 0.2) is 41.8 Å². The summed E-state index contributed by atoms with van der Waals surface area (Å²) >= 11 is 1.20. The molecule has 0 amide bonds. The number of hydrogen-bond donors (Lipinski definition) is 1. The highest BCUT2D eigenvalue weighted by Gasteiger charge is 2.34. The molecule has 1 N–H and O–H groups in total. The van der Waals surface area contributed by atoms with Gasteiger partial charge in [-0.2, -0.15) is 13.2 Å². The number of aromatic nitrogens is 1. The van der Waals surface area contributed by atoms with Gasteiger partial charge in [0.05, 0.1) is 17.9 Å². The van der Waals surface area contributed by atoms with E-state index in [0.717, 1.165) is 31.0 Å². The molecule has 3 nitrogen and oxygen atoms in total. The summed E-state index contributed by atoms with van der Waals surface area (Å²) in [6.07, 6.45) is 1.13. The number of rotatable bonds is 9. The Morgan fingerprint density at radius 2 is 1.84 bits per heavy atom. The Bertz CT molecular complexity index is 1080. The first-order chi connectivity index (χ1) is 15.3. The molecule has 9 heteroatoms. The Kier molecular flexibility index (Phi) is 7.84. The lowest BCUT2D eigenvalue weighted by molar-refractivity contribution is -0.138. The average Bonchev–Trinajstić information content (AvgIpc) is 3.19. The number of nitrogens with zero attached hydrogens (tertiary/aromatic N) is 1. The van der Waals surface area contributed by atoms with Gasteiger partial charge in [-0.05, 0) is 48.4 Å². The second kappa shape index (κ2) is 10.6. The normalized spacial score (nSPS) is 11.8. The van der Waals surface area contributed by atoms with Crippen LogP contribution in [0.4, 0.5) is 32.8 Å². The summed E-state index contributed by atoms with van der Waals surface area (Å²) in [6.45, 7) is 2.23. The van der Waals surface area contributed by atoms with E-state index in [1.54, 1.807) is 17.5 Å². The monoisotopic (exact) mass is 468 g/mol. The average molecular weight is 468 g/mol. The zero-order valence-electron chi connectivity index (χ0n) is 17.2. The molecule has 0 saturated carbocycles. The largest absolute Gasteiger partial charge is 0.493 e. The summed E-state index contributed by atoms with van der Waals surface area (Å²) in [5, 5.41) is 4.94. The summed E-state index contributed by atoms with van der Waals surface area (Å²) < 4.78 is 72.1. The lowest BCUT2D eigenvalue weighted by Gasteiger charge is -2.15. The van der Waals surface area contributed by atoms with Crippen LogP contribution in [0, 0.1) is 11.6 Å². The van der Waals surface area contributed by atoms with E-state index >= 15 is 0 Å². The number of ether oxygens (including phenoxy) is 1. The molecule has 170 valence electrons. The number of halogens is 5. The number of unbranched alkanes of at least 4 members (excludes halogenated alkanes) is 2. The second-order valence-electron chi connectivity index (χ2n) is 6.97. The SMILES string of the molecule is CCCCCOc1ccc(Nc2nc(/C=C/c3ccc(F)c(F)c3)cs2)cc1C(F)(F)F. The molecule has 0 aliphatic carbocycles. The molecule has 0 spiro atoms. The molecule has 0 saturated heterocycles. The topological polar surface area (TPSA) is 34.1 Å². The quantitative estimate of drug-likeness (QED) is 0.256. The van der Waals surface area contributed by atoms with Gasteiger partial charge < -0.3 is 10.1 Å². The first-order valence-corrected chi connectivity index (χ1v) is 10.8. The van der Waals surface area contributed by atoms with Crippen LogP contribution in [0.2, 0.25) is 0 Å². The molecule has 0 fully saturated rings. The van der Waals surface area contributed by atoms with E-state index in [1.807, 2.05) is 6.92 Å². The third-order valence-electron chi connectivity index (χ3n) is 4.45. The zero-order chi connectivity index (χ0) is 23.1. The minimum absolute atomic E-state index is 0.201. The maximum absolute atomic E-state index is 13.5. The minimum Gasteiger partial charge on any atom is -0.493 e. The summed E-state index contributed by atoms with van der Waals surface area (Å²) in [6, 6.07) is 7.30. The first kappa shape index (κ1) is 23.7. The fraction of sp³-hybridized carbons (Fsp3) is 0.261. The van der Waals surface area contributed by atoms with Gasteiger partial charge in [-0.3, -0.25) is 0 Å². The van der Waals surface area contributed by atoms with Crippen LogP contribution >= 0.6 is 11.3 Å². The van der Waals surface area contributed by atoms with Crippen molar-refractivity contribution in [2.75, 3.05) is 11.9 Å². The molecule has 3 rings (SSSR count). The molecule has 0 unspecified atom stereocenters. The lowest BCUT2D eigenvalue weighted by atomic mass is 10.1. The smallest absolute Gasteiger partial charge is 0.420 e. The van der Waals surface area contributed by atoms with Gasteiger partial charge in [0.15, 0.2) is 16.8 Å². The van der Waals surface area contributed by atoms with E-state index in [2.05, 4.69) is 10.3 Å². The maximum atomic E-state index is 13.5. The number of alkyl halides is 3. The van der Waals surface area contributed by atoms with Crippen molar-refractivity contribution in [1.29, 1.82) is 0 Å². The predicted octanol–water partition coefficient (Wildman–Crippen LogP) is 7.92. The van der Waals surface area contributed by atoms with Crippen LogP contribution in [0.1, 0.15) is 43.0 Å². The summed E-state index contributed by atoms with van der Waals surface area (Å²) in [5.74, 6) is -2.09. The van der Waals surface area contributed by atoms with Crippen LogP contribution in [-0.2, 0) is 6.18 Å². The zero-order valence-corrected chi connectivity index (χ0v) is 18.0. The van der Waals surface area contributed by atoms with E-state index in [9.17, 15) is 22.0 Å². The van der Waals surface area contributed by atoms with E-state index in [4.69, 9.17) is 4.74 Å². The molecule has 0 aliphatic rings. The fourth-order valence-corrected chi connectivity index (χ4v) is 3.53. The summed E-state index contributed by atoms with van der Waals surface area (Å²) in [5.41, 5.74) is 0.350. The van der Waals surface area contributed by atoms with Crippen molar-refractivity contribution >= 4 is 34.3 Å². The highest BCUT2D eigenvalue weighted by atomic mass is 32.1. The predicted molar refractivity (Wildman–Crippen MR) is 117 cm³/mol. The van der Waals surface area contributed by atoms with E-state index in [0.29, 0.717) is 22.8 Å². The molecule has 3 aromatic rings. The van der Waals surface area contributed by atoms with Crippen LogP contribution in [-0.4, -0.2) is 11.6 Å². The van der Waals surface area contributed by atoms with Crippen molar-refractivity contribution in [3.8, 4) is 5.75 Å². The van der Waals surface area contributed by atoms with Crippen molar-refractivity contribution in [3.63, 3.8) is 0 Å². The van der Waals surface area contributed by atoms with Gasteiger partial charge in [0.2, 0.25) is 0 Å². The Balaban J connectivity index is 1.71. The molecule has 32 heavy (non-hydrogen) atoms. The number of anilines is 2. The van der Waals surface area contributed by atoms with Gasteiger partial charge in [0, 0.05) is 11.1 Å². The van der Waals surface area contributed by atoms with Crippen molar-refractivity contribution < 1.29 is 26.7 Å². The van der Waals surface area contributed by atoms with Crippen molar-refractivity contribution in [2.24, 2.45) is 0 Å². The van der Waals surface area contributed by atoms with E-state index < -0.39 is 23.4 Å². The molecule has 1 aromatic heterocycles. The molecule has 0 bridgehead atoms. The highest BCUT2D eigenvalue weighted by Crippen LogP contribution is 2.38. The van der Waals surface area contributed by atoms with Gasteiger partial charge >= 0.3 is 6.18 Å². The van der Waals surface area contributed by atoms with Crippen molar-refractivity contribution in [3.05, 3.63) is 70.2 Å². The number of hydrogen-bond acceptors (Lipinski definition) is 4. The summed E-state index contributed by atoms with van der Waals surface area (Å²) in [4.78, 5) is 4.29.